The van der Waals surface area contributed by atoms with Crippen molar-refractivity contribution in [1.82, 2.24) is 15.3 Å². The number of benzene rings is 1. The number of hydrogen-bond acceptors (Lipinski definition) is 4. The summed E-state index contributed by atoms with van der Waals surface area (Å²) in [6.45, 7) is 2.30. The molecular weight excluding hydrogens is 290 g/mol. The molecule has 0 bridgehead atoms. The monoisotopic (exact) mass is 307 g/mol. The van der Waals surface area contributed by atoms with Crippen LogP contribution in [0.3, 0.4) is 0 Å². The van der Waals surface area contributed by atoms with E-state index in [2.05, 4.69) is 15.3 Å². The van der Waals surface area contributed by atoms with E-state index in [1.165, 1.54) is 0 Å². The summed E-state index contributed by atoms with van der Waals surface area (Å²) < 4.78 is 5.68. The van der Waals surface area contributed by atoms with E-state index in [0.29, 0.717) is 24.4 Å². The molecule has 0 aliphatic heterocycles. The smallest absolute Gasteiger partial charge is 0.252 e. The molecule has 2 heterocycles. The molecule has 1 N–H and O–H groups in total. The van der Waals surface area contributed by atoms with Crippen molar-refractivity contribution >= 4 is 5.91 Å². The largest absolute Gasteiger partial charge is 0.445 e. The van der Waals surface area contributed by atoms with E-state index >= 15 is 0 Å². The van der Waals surface area contributed by atoms with Gasteiger partial charge in [-0.05, 0) is 12.1 Å². The van der Waals surface area contributed by atoms with Crippen LogP contribution in [0.25, 0.3) is 11.3 Å². The second-order valence-corrected chi connectivity index (χ2v) is 5.12. The number of oxazole rings is 1. The van der Waals surface area contributed by atoms with Crippen LogP contribution in [-0.2, 0) is 6.42 Å². The van der Waals surface area contributed by atoms with Gasteiger partial charge in [0, 0.05) is 37.8 Å². The Labute approximate surface area is 134 Å². The van der Waals surface area contributed by atoms with Crippen LogP contribution in [0, 0.1) is 6.92 Å². The Morgan fingerprint density at radius 3 is 2.74 bits per heavy atom. The van der Waals surface area contributed by atoms with Gasteiger partial charge >= 0.3 is 0 Å². The van der Waals surface area contributed by atoms with Crippen molar-refractivity contribution < 1.29 is 9.21 Å². The van der Waals surface area contributed by atoms with Gasteiger partial charge in [-0.3, -0.25) is 9.78 Å². The van der Waals surface area contributed by atoms with Crippen LogP contribution in [0.5, 0.6) is 0 Å². The highest BCUT2D eigenvalue weighted by Gasteiger charge is 2.13. The molecule has 0 saturated heterocycles. The maximum absolute atomic E-state index is 12.0. The van der Waals surface area contributed by atoms with Crippen LogP contribution in [0.15, 0.2) is 59.3 Å². The molecule has 5 nitrogen and oxygen atoms in total. The highest BCUT2D eigenvalue weighted by atomic mass is 16.4. The van der Waals surface area contributed by atoms with Crippen LogP contribution in [0.2, 0.25) is 0 Å². The van der Waals surface area contributed by atoms with Gasteiger partial charge in [0.15, 0.2) is 5.89 Å². The van der Waals surface area contributed by atoms with Gasteiger partial charge in [0.2, 0.25) is 0 Å². The van der Waals surface area contributed by atoms with Crippen molar-refractivity contribution in [2.24, 2.45) is 0 Å². The Bertz CT molecular complexity index is 783. The lowest BCUT2D eigenvalue weighted by molar-refractivity contribution is 0.0953. The van der Waals surface area contributed by atoms with Crippen molar-refractivity contribution in [2.45, 2.75) is 13.3 Å². The molecule has 1 aromatic carbocycles. The van der Waals surface area contributed by atoms with Crippen LogP contribution >= 0.6 is 0 Å². The maximum Gasteiger partial charge on any atom is 0.252 e. The van der Waals surface area contributed by atoms with Gasteiger partial charge in [-0.1, -0.05) is 30.3 Å². The predicted octanol–water partition coefficient (Wildman–Crippen LogP) is 3.02. The summed E-state index contributed by atoms with van der Waals surface area (Å²) in [4.78, 5) is 20.4. The first-order valence-electron chi connectivity index (χ1n) is 7.44. The number of pyridine rings is 1. The number of nitrogens with one attached hydrogen (secondary N) is 1. The second kappa shape index (κ2) is 6.87. The molecule has 2 aromatic heterocycles. The highest BCUT2D eigenvalue weighted by Crippen LogP contribution is 2.23. The number of rotatable bonds is 5. The second-order valence-electron chi connectivity index (χ2n) is 5.12. The van der Waals surface area contributed by atoms with E-state index < -0.39 is 0 Å². The van der Waals surface area contributed by atoms with E-state index in [1.807, 2.05) is 37.3 Å². The number of nitrogens with zero attached hydrogens (tertiary/aromatic N) is 2. The van der Waals surface area contributed by atoms with Crippen molar-refractivity contribution in [3.8, 4) is 11.3 Å². The predicted molar refractivity (Wildman–Crippen MR) is 87.0 cm³/mol. The Kier molecular flexibility index (Phi) is 4.47. The van der Waals surface area contributed by atoms with Crippen molar-refractivity contribution in [2.75, 3.05) is 6.54 Å². The molecule has 3 aromatic rings. The lowest BCUT2D eigenvalue weighted by Gasteiger charge is -2.04. The van der Waals surface area contributed by atoms with Gasteiger partial charge in [-0.25, -0.2) is 4.98 Å². The third kappa shape index (κ3) is 3.63. The summed E-state index contributed by atoms with van der Waals surface area (Å²) in [6.07, 6.45) is 3.76. The maximum atomic E-state index is 12.0. The zero-order valence-electron chi connectivity index (χ0n) is 12.8. The molecule has 0 fully saturated rings. The number of aryl methyl sites for hydroxylation is 1. The molecule has 116 valence electrons. The minimum Gasteiger partial charge on any atom is -0.445 e. The van der Waals surface area contributed by atoms with Crippen LogP contribution < -0.4 is 5.32 Å². The number of carbonyl (C=O) groups excluding carboxylic acids is 1. The summed E-state index contributed by atoms with van der Waals surface area (Å²) >= 11 is 0. The summed E-state index contributed by atoms with van der Waals surface area (Å²) in [5.74, 6) is 1.26. The molecule has 1 amide bonds. The third-order valence-corrected chi connectivity index (χ3v) is 3.41. The van der Waals surface area contributed by atoms with Gasteiger partial charge in [0.25, 0.3) is 5.91 Å². The highest BCUT2D eigenvalue weighted by molar-refractivity contribution is 5.93. The first kappa shape index (κ1) is 15.0. The Morgan fingerprint density at radius 2 is 2.00 bits per heavy atom. The molecule has 5 heteroatoms. The minimum absolute atomic E-state index is 0.143. The molecule has 3 rings (SSSR count). The molecule has 0 atom stereocenters. The van der Waals surface area contributed by atoms with Crippen LogP contribution in [0.1, 0.15) is 22.0 Å². The zero-order valence-corrected chi connectivity index (χ0v) is 12.8. The minimum atomic E-state index is -0.143. The van der Waals surface area contributed by atoms with E-state index in [9.17, 15) is 4.79 Å². The van der Waals surface area contributed by atoms with E-state index in [4.69, 9.17) is 4.42 Å². The van der Waals surface area contributed by atoms with Gasteiger partial charge in [-0.2, -0.15) is 0 Å². The molecule has 0 unspecified atom stereocenters. The molecule has 0 aliphatic rings. The normalized spacial score (nSPS) is 10.5. The molecule has 23 heavy (non-hydrogen) atoms. The lowest BCUT2D eigenvalue weighted by atomic mass is 10.1. The Hall–Kier alpha value is -2.95. The number of carbonyl (C=O) groups is 1. The third-order valence-electron chi connectivity index (χ3n) is 3.41. The fourth-order valence-electron chi connectivity index (χ4n) is 2.35. The van der Waals surface area contributed by atoms with Crippen molar-refractivity contribution in [1.29, 1.82) is 0 Å². The Balaban J connectivity index is 1.66. The average Bonchev–Trinajstić information content (AvgIpc) is 2.97. The quantitative estimate of drug-likeness (QED) is 0.786. The first-order chi connectivity index (χ1) is 11.2. The van der Waals surface area contributed by atoms with Gasteiger partial charge in [-0.15, -0.1) is 0 Å². The average molecular weight is 307 g/mol. The van der Waals surface area contributed by atoms with Gasteiger partial charge in [0.1, 0.15) is 11.5 Å². The SMILES string of the molecule is Cc1nc(-c2ccccc2)c(CCNC(=O)c2cccnc2)o1. The van der Waals surface area contributed by atoms with Crippen LogP contribution in [0.4, 0.5) is 0 Å². The Morgan fingerprint density at radius 1 is 1.17 bits per heavy atom. The lowest BCUT2D eigenvalue weighted by Crippen LogP contribution is -2.25. The number of amides is 1. The molecule has 0 aliphatic carbocycles. The topological polar surface area (TPSA) is 68.0 Å². The van der Waals surface area contributed by atoms with Crippen LogP contribution in [-0.4, -0.2) is 22.4 Å². The van der Waals surface area contributed by atoms with E-state index in [1.54, 1.807) is 24.5 Å². The summed E-state index contributed by atoms with van der Waals surface area (Å²) in [5, 5.41) is 2.87. The summed E-state index contributed by atoms with van der Waals surface area (Å²) in [5.41, 5.74) is 2.39. The van der Waals surface area contributed by atoms with Gasteiger partial charge in [0.05, 0.1) is 5.56 Å². The zero-order chi connectivity index (χ0) is 16.1. The molecular formula is C18H17N3O2. The standard InChI is InChI=1S/C18H17N3O2/c1-13-21-17(14-6-3-2-4-7-14)16(23-13)9-11-20-18(22)15-8-5-10-19-12-15/h2-8,10,12H,9,11H2,1H3,(H,20,22). The van der Waals surface area contributed by atoms with Gasteiger partial charge < -0.3 is 9.73 Å². The molecule has 0 spiro atoms. The summed E-state index contributed by atoms with van der Waals surface area (Å²) in [7, 11) is 0. The fourth-order valence-corrected chi connectivity index (χ4v) is 2.35. The molecule has 0 radical (unpaired) electrons. The fraction of sp³-hybridized carbons (Fsp3) is 0.167. The van der Waals surface area contributed by atoms with E-state index in [-0.39, 0.29) is 5.91 Å². The first-order valence-corrected chi connectivity index (χ1v) is 7.44. The molecule has 0 saturated carbocycles. The number of aromatic nitrogens is 2. The van der Waals surface area contributed by atoms with Crippen molar-refractivity contribution in [3.63, 3.8) is 0 Å². The van der Waals surface area contributed by atoms with Crippen molar-refractivity contribution in [3.05, 3.63) is 72.1 Å². The summed E-state index contributed by atoms with van der Waals surface area (Å²) in [6, 6.07) is 13.4. The number of hydrogen-bond donors (Lipinski definition) is 1. The van der Waals surface area contributed by atoms with E-state index in [0.717, 1.165) is 17.0 Å².